The maximum Gasteiger partial charge on any atom is 0.395 e. The van der Waals surface area contributed by atoms with Gasteiger partial charge in [0.1, 0.15) is 6.42 Å². The maximum atomic E-state index is 13.2. The van der Waals surface area contributed by atoms with Crippen molar-refractivity contribution >= 4 is 5.97 Å². The number of halogens is 7. The summed E-state index contributed by atoms with van der Waals surface area (Å²) in [5.74, 6) is -12.2. The van der Waals surface area contributed by atoms with Crippen LogP contribution in [0.5, 0.6) is 0 Å². The molecular formula is C13H13F7O2. The van der Waals surface area contributed by atoms with Crippen LogP contribution in [0.25, 0.3) is 0 Å². The number of ether oxygens (including phenoxy) is 1. The van der Waals surface area contributed by atoms with Crippen molar-refractivity contribution in [3.05, 3.63) is 12.2 Å². The maximum absolute atomic E-state index is 13.2. The summed E-state index contributed by atoms with van der Waals surface area (Å²) in [6.45, 7) is -2.06. The fourth-order valence-electron chi connectivity index (χ4n) is 2.81. The van der Waals surface area contributed by atoms with E-state index in [9.17, 15) is 35.5 Å². The van der Waals surface area contributed by atoms with Gasteiger partial charge in [0.2, 0.25) is 0 Å². The zero-order chi connectivity index (χ0) is 16.8. The molecule has 0 heterocycles. The van der Waals surface area contributed by atoms with E-state index in [-0.39, 0.29) is 11.8 Å². The summed E-state index contributed by atoms with van der Waals surface area (Å²) in [5, 5.41) is 0. The van der Waals surface area contributed by atoms with Gasteiger partial charge in [-0.3, -0.25) is 4.79 Å². The smallest absolute Gasteiger partial charge is 0.395 e. The lowest BCUT2D eigenvalue weighted by molar-refractivity contribution is -0.274. The van der Waals surface area contributed by atoms with Gasteiger partial charge in [-0.2, -0.15) is 30.7 Å². The second kappa shape index (κ2) is 5.42. The molecule has 0 radical (unpaired) electrons. The third-order valence-electron chi connectivity index (χ3n) is 3.93. The van der Waals surface area contributed by atoms with Crippen LogP contribution < -0.4 is 0 Å². The number of allylic oxidation sites excluding steroid dienone is 2. The number of hydrogen-bond donors (Lipinski definition) is 0. The summed E-state index contributed by atoms with van der Waals surface area (Å²) in [6, 6.07) is 0. The Hall–Kier alpha value is -1.28. The number of hydrogen-bond acceptors (Lipinski definition) is 2. The highest BCUT2D eigenvalue weighted by atomic mass is 19.4. The second-order valence-electron chi connectivity index (χ2n) is 5.70. The standard InChI is InChI=1S/C13H13F7O2/c14-11(15,5-13(18,19)20)12(16,17)6-22-10(21)9-4-7-1-2-8(9)3-7/h1-2,7-9H,3-6H2. The minimum absolute atomic E-state index is 0.134. The second-order valence-corrected chi connectivity index (χ2v) is 5.70. The van der Waals surface area contributed by atoms with Gasteiger partial charge in [-0.05, 0) is 24.7 Å². The van der Waals surface area contributed by atoms with E-state index in [1.165, 1.54) is 0 Å². The molecule has 22 heavy (non-hydrogen) atoms. The van der Waals surface area contributed by atoms with E-state index in [1.807, 2.05) is 6.08 Å². The van der Waals surface area contributed by atoms with Gasteiger partial charge in [-0.15, -0.1) is 0 Å². The van der Waals surface area contributed by atoms with Gasteiger partial charge in [0.15, 0.2) is 6.61 Å². The fraction of sp³-hybridized carbons (Fsp3) is 0.769. The Morgan fingerprint density at radius 1 is 1.00 bits per heavy atom. The Kier molecular flexibility index (Phi) is 4.20. The summed E-state index contributed by atoms with van der Waals surface area (Å²) >= 11 is 0. The number of carbonyl (C=O) groups is 1. The predicted octanol–water partition coefficient (Wildman–Crippen LogP) is 3.96. The Labute approximate surface area is 121 Å². The third-order valence-corrected chi connectivity index (χ3v) is 3.93. The van der Waals surface area contributed by atoms with Crippen molar-refractivity contribution < 1.29 is 40.3 Å². The van der Waals surface area contributed by atoms with Gasteiger partial charge in [0.05, 0.1) is 5.92 Å². The molecular weight excluding hydrogens is 321 g/mol. The molecule has 9 heteroatoms. The molecule has 0 aliphatic heterocycles. The predicted molar refractivity (Wildman–Crippen MR) is 60.4 cm³/mol. The van der Waals surface area contributed by atoms with Crippen LogP contribution >= 0.6 is 0 Å². The van der Waals surface area contributed by atoms with E-state index in [0.29, 0.717) is 12.8 Å². The summed E-state index contributed by atoms with van der Waals surface area (Å²) in [4.78, 5) is 11.6. The topological polar surface area (TPSA) is 26.3 Å². The van der Waals surface area contributed by atoms with E-state index < -0.39 is 42.9 Å². The number of rotatable bonds is 5. The van der Waals surface area contributed by atoms with Crippen LogP contribution in [-0.4, -0.2) is 30.6 Å². The molecule has 2 bridgehead atoms. The van der Waals surface area contributed by atoms with Gasteiger partial charge >= 0.3 is 24.0 Å². The van der Waals surface area contributed by atoms with E-state index in [4.69, 9.17) is 0 Å². The van der Waals surface area contributed by atoms with Crippen LogP contribution in [-0.2, 0) is 9.53 Å². The minimum Gasteiger partial charge on any atom is -0.459 e. The highest BCUT2D eigenvalue weighted by molar-refractivity contribution is 5.74. The lowest BCUT2D eigenvalue weighted by Gasteiger charge is -2.27. The Balaban J connectivity index is 1.91. The molecule has 2 aliphatic rings. The lowest BCUT2D eigenvalue weighted by atomic mass is 9.94. The van der Waals surface area contributed by atoms with Crippen LogP contribution in [0.3, 0.4) is 0 Å². The van der Waals surface area contributed by atoms with Gasteiger partial charge in [-0.25, -0.2) is 0 Å². The van der Waals surface area contributed by atoms with Crippen molar-refractivity contribution in [1.82, 2.24) is 0 Å². The first-order valence-electron chi connectivity index (χ1n) is 6.59. The summed E-state index contributed by atoms with van der Waals surface area (Å²) in [5.41, 5.74) is 0. The van der Waals surface area contributed by atoms with Crippen LogP contribution in [0.15, 0.2) is 12.2 Å². The molecule has 2 aliphatic carbocycles. The van der Waals surface area contributed by atoms with Crippen molar-refractivity contribution in [2.24, 2.45) is 17.8 Å². The van der Waals surface area contributed by atoms with Gasteiger partial charge in [-0.1, -0.05) is 12.2 Å². The van der Waals surface area contributed by atoms with Crippen LogP contribution in [0, 0.1) is 17.8 Å². The zero-order valence-corrected chi connectivity index (χ0v) is 11.2. The molecule has 0 aromatic carbocycles. The summed E-state index contributed by atoms with van der Waals surface area (Å²) in [6.07, 6.45) is -3.77. The molecule has 0 aromatic rings. The fourth-order valence-corrected chi connectivity index (χ4v) is 2.81. The molecule has 1 saturated carbocycles. The average molecular weight is 334 g/mol. The van der Waals surface area contributed by atoms with Gasteiger partial charge in [0.25, 0.3) is 0 Å². The highest BCUT2D eigenvalue weighted by Gasteiger charge is 2.61. The molecule has 3 atom stereocenters. The molecule has 3 unspecified atom stereocenters. The number of fused-ring (bicyclic) bond motifs is 2. The summed E-state index contributed by atoms with van der Waals surface area (Å²) in [7, 11) is 0. The first-order valence-corrected chi connectivity index (χ1v) is 6.59. The normalized spacial score (nSPS) is 28.2. The van der Waals surface area contributed by atoms with Crippen LogP contribution in [0.4, 0.5) is 30.7 Å². The largest absolute Gasteiger partial charge is 0.459 e. The number of esters is 1. The lowest BCUT2D eigenvalue weighted by Crippen LogP contribution is -2.47. The highest BCUT2D eigenvalue weighted by Crippen LogP contribution is 2.45. The first-order chi connectivity index (χ1) is 9.91. The van der Waals surface area contributed by atoms with Gasteiger partial charge in [0, 0.05) is 0 Å². The zero-order valence-electron chi connectivity index (χ0n) is 11.2. The van der Waals surface area contributed by atoms with Crippen LogP contribution in [0.2, 0.25) is 0 Å². The van der Waals surface area contributed by atoms with Crippen LogP contribution in [0.1, 0.15) is 19.3 Å². The minimum atomic E-state index is -5.45. The molecule has 2 nitrogen and oxygen atoms in total. The summed E-state index contributed by atoms with van der Waals surface area (Å²) < 4.78 is 92.3. The Bertz CT molecular complexity index is 469. The third kappa shape index (κ3) is 3.55. The van der Waals surface area contributed by atoms with Crippen molar-refractivity contribution in [3.8, 4) is 0 Å². The molecule has 0 N–H and O–H groups in total. The molecule has 2 rings (SSSR count). The van der Waals surface area contributed by atoms with Crippen molar-refractivity contribution in [2.75, 3.05) is 6.61 Å². The number of carbonyl (C=O) groups excluding carboxylic acids is 1. The van der Waals surface area contributed by atoms with Gasteiger partial charge < -0.3 is 4.74 Å². The van der Waals surface area contributed by atoms with Crippen molar-refractivity contribution in [2.45, 2.75) is 37.3 Å². The van der Waals surface area contributed by atoms with E-state index >= 15 is 0 Å². The molecule has 126 valence electrons. The van der Waals surface area contributed by atoms with Crippen molar-refractivity contribution in [3.63, 3.8) is 0 Å². The van der Waals surface area contributed by atoms with Crippen molar-refractivity contribution in [1.29, 1.82) is 0 Å². The monoisotopic (exact) mass is 334 g/mol. The molecule has 1 fully saturated rings. The quantitative estimate of drug-likeness (QED) is 0.432. The molecule has 0 spiro atoms. The van der Waals surface area contributed by atoms with E-state index in [0.717, 1.165) is 0 Å². The Morgan fingerprint density at radius 2 is 1.64 bits per heavy atom. The molecule has 0 aromatic heterocycles. The molecule has 0 saturated heterocycles. The number of alkyl halides is 7. The van der Waals surface area contributed by atoms with E-state index in [2.05, 4.69) is 4.74 Å². The Morgan fingerprint density at radius 3 is 2.09 bits per heavy atom. The molecule has 0 amide bonds. The SMILES string of the molecule is O=C(OCC(F)(F)C(F)(F)CC(F)(F)F)C1CC2C=CC1C2. The first kappa shape index (κ1) is 17.1. The van der Waals surface area contributed by atoms with E-state index in [1.54, 1.807) is 6.08 Å². The average Bonchev–Trinajstić information content (AvgIpc) is 2.94.